The van der Waals surface area contributed by atoms with Gasteiger partial charge < -0.3 is 45.9 Å². The molecule has 2 aliphatic rings. The Morgan fingerprint density at radius 1 is 0.741 bits per heavy atom. The van der Waals surface area contributed by atoms with Crippen LogP contribution in [0.25, 0.3) is 28.2 Å². The van der Waals surface area contributed by atoms with Gasteiger partial charge in [0.15, 0.2) is 0 Å². The average molecular weight is 784 g/mol. The Balaban J connectivity index is 0.958. The molecule has 4 heterocycles. The van der Waals surface area contributed by atoms with Crippen LogP contribution >= 0.6 is 0 Å². The number of aromatic nitrogens is 3. The molecule has 2 aliphatic heterocycles. The highest BCUT2D eigenvalue weighted by Gasteiger charge is 2.40. The summed E-state index contributed by atoms with van der Waals surface area (Å²) >= 11 is 0. The standard InChI is InChI=1S/C43H45N9O6/c1-26(47-40(53)36(50-42(55)57-2)29-11-6-4-7-12-29)38-45-24-33(48-38)28-18-16-27(17-19-28)32-21-20-31(23-44-32)34-25-46-39(49-34)35-15-10-22-52(35)41(54)37(51-43(56)58-3)30-13-8-5-9-14-30/h4-9,11-14,16-21,23-26,35-37,39,46,49H,10,15,22H2,1-3H3,(H,45,48)(H,47,53)(H,50,55)(H,51,56)/t26-,35-,36+,37+,39?/m0/s1. The van der Waals surface area contributed by atoms with Gasteiger partial charge in [-0.1, -0.05) is 84.9 Å². The second-order valence-electron chi connectivity index (χ2n) is 14.0. The third-order valence-corrected chi connectivity index (χ3v) is 10.3. The molecule has 15 nitrogen and oxygen atoms in total. The Morgan fingerprint density at radius 3 is 2.00 bits per heavy atom. The number of alkyl carbamates (subject to hydrolysis) is 2. The van der Waals surface area contributed by atoms with E-state index >= 15 is 0 Å². The number of methoxy groups -OCH3 is 2. The molecule has 1 unspecified atom stereocenters. The van der Waals surface area contributed by atoms with Crippen molar-refractivity contribution in [3.05, 3.63) is 138 Å². The summed E-state index contributed by atoms with van der Waals surface area (Å²) in [5.41, 5.74) is 6.46. The second kappa shape index (κ2) is 17.7. The van der Waals surface area contributed by atoms with Crippen LogP contribution in [0, 0.1) is 0 Å². The Kier molecular flexibility index (Phi) is 12.0. The van der Waals surface area contributed by atoms with Gasteiger partial charge >= 0.3 is 12.2 Å². The molecule has 4 amide bonds. The van der Waals surface area contributed by atoms with Crippen molar-refractivity contribution in [2.45, 2.75) is 50.1 Å². The zero-order chi connectivity index (χ0) is 40.6. The number of hydrogen-bond acceptors (Lipinski definition) is 10. The van der Waals surface area contributed by atoms with Crippen molar-refractivity contribution in [1.82, 2.24) is 46.4 Å². The molecular weight excluding hydrogens is 739 g/mol. The fourth-order valence-corrected chi connectivity index (χ4v) is 7.22. The van der Waals surface area contributed by atoms with Gasteiger partial charge in [0.05, 0.1) is 49.6 Å². The van der Waals surface area contributed by atoms with Gasteiger partial charge in [-0.05, 0) is 48.6 Å². The van der Waals surface area contributed by atoms with E-state index < -0.39 is 36.2 Å². The predicted octanol–water partition coefficient (Wildman–Crippen LogP) is 5.32. The maximum absolute atomic E-state index is 13.9. The first kappa shape index (κ1) is 39.1. The van der Waals surface area contributed by atoms with Crippen molar-refractivity contribution in [2.24, 2.45) is 0 Å². The lowest BCUT2D eigenvalue weighted by Gasteiger charge is -2.33. The number of nitrogens with zero attached hydrogens (tertiary/aromatic N) is 3. The molecule has 0 bridgehead atoms. The maximum Gasteiger partial charge on any atom is 0.407 e. The van der Waals surface area contributed by atoms with Crippen LogP contribution in [-0.4, -0.2) is 76.8 Å². The number of rotatable bonds is 12. The summed E-state index contributed by atoms with van der Waals surface area (Å²) in [5, 5.41) is 15.2. The van der Waals surface area contributed by atoms with Crippen molar-refractivity contribution in [2.75, 3.05) is 20.8 Å². The number of aromatic amines is 1. The van der Waals surface area contributed by atoms with E-state index in [9.17, 15) is 19.2 Å². The number of nitrogens with one attached hydrogen (secondary N) is 6. The van der Waals surface area contributed by atoms with Crippen molar-refractivity contribution in [1.29, 1.82) is 0 Å². The quantitative estimate of drug-likeness (QED) is 0.0966. The van der Waals surface area contributed by atoms with E-state index in [0.717, 1.165) is 46.6 Å². The molecular formula is C43H45N9O6. The lowest BCUT2D eigenvalue weighted by atomic mass is 10.0. The van der Waals surface area contributed by atoms with E-state index in [4.69, 9.17) is 14.5 Å². The molecule has 0 aliphatic carbocycles. The first-order valence-corrected chi connectivity index (χ1v) is 19.0. The predicted molar refractivity (Wildman–Crippen MR) is 216 cm³/mol. The van der Waals surface area contributed by atoms with E-state index in [0.29, 0.717) is 23.5 Å². The van der Waals surface area contributed by atoms with Crippen LogP contribution in [0.15, 0.2) is 116 Å². The SMILES string of the molecule is COC(=O)N[C@@H](C(=O)N[C@@H](C)c1ncc(-c2ccc(-c3ccc(C4=CNC([C@@H]5CCCN5C(=O)[C@H](NC(=O)OC)c5ccccc5)N4)cn3)cc2)[nH]1)c1ccccc1. The number of carbonyl (C=O) groups excluding carboxylic acids is 4. The Labute approximate surface area is 335 Å². The fourth-order valence-electron chi connectivity index (χ4n) is 7.22. The molecule has 5 aromatic rings. The number of amides is 4. The first-order valence-electron chi connectivity index (χ1n) is 19.0. The number of pyridine rings is 1. The number of benzene rings is 3. The largest absolute Gasteiger partial charge is 0.453 e. The van der Waals surface area contributed by atoms with E-state index in [1.165, 1.54) is 14.2 Å². The number of hydrogen-bond donors (Lipinski definition) is 6. The highest BCUT2D eigenvalue weighted by molar-refractivity contribution is 5.88. The Morgan fingerprint density at radius 2 is 1.36 bits per heavy atom. The lowest BCUT2D eigenvalue weighted by Crippen LogP contribution is -2.54. The van der Waals surface area contributed by atoms with Crippen molar-refractivity contribution < 1.29 is 28.7 Å². The van der Waals surface area contributed by atoms with Gasteiger partial charge in [-0.3, -0.25) is 14.6 Å². The highest BCUT2D eigenvalue weighted by Crippen LogP contribution is 2.29. The number of carbonyl (C=O) groups is 4. The molecule has 58 heavy (non-hydrogen) atoms. The van der Waals surface area contributed by atoms with Crippen LogP contribution in [0.5, 0.6) is 0 Å². The van der Waals surface area contributed by atoms with E-state index in [1.807, 2.05) is 97.0 Å². The third-order valence-electron chi connectivity index (χ3n) is 10.3. The number of imidazole rings is 1. The van der Waals surface area contributed by atoms with Gasteiger partial charge in [0, 0.05) is 30.1 Å². The zero-order valence-corrected chi connectivity index (χ0v) is 32.3. The summed E-state index contributed by atoms with van der Waals surface area (Å²) in [6.07, 6.45) is 5.47. The van der Waals surface area contributed by atoms with Crippen molar-refractivity contribution in [3.63, 3.8) is 0 Å². The van der Waals surface area contributed by atoms with Crippen LogP contribution in [0.4, 0.5) is 9.59 Å². The molecule has 1 fully saturated rings. The van der Waals surface area contributed by atoms with Crippen molar-refractivity contribution >= 4 is 29.7 Å². The molecule has 0 spiro atoms. The van der Waals surface area contributed by atoms with Gasteiger partial charge in [0.1, 0.15) is 24.1 Å². The summed E-state index contributed by atoms with van der Waals surface area (Å²) in [6.45, 7) is 2.39. The molecule has 5 atom stereocenters. The molecule has 0 saturated carbocycles. The minimum absolute atomic E-state index is 0.145. The first-order chi connectivity index (χ1) is 28.2. The van der Waals surface area contributed by atoms with Gasteiger partial charge in [0.2, 0.25) is 11.8 Å². The molecule has 7 rings (SSSR count). The fraction of sp³-hybridized carbons (Fsp3) is 0.256. The minimum atomic E-state index is -0.946. The number of likely N-dealkylation sites (tertiary alicyclic amines) is 1. The van der Waals surface area contributed by atoms with Gasteiger partial charge in [-0.25, -0.2) is 14.6 Å². The Hall–Kier alpha value is -7.16. The van der Waals surface area contributed by atoms with E-state index in [2.05, 4.69) is 36.6 Å². The second-order valence-corrected chi connectivity index (χ2v) is 14.0. The third kappa shape index (κ3) is 8.78. The monoisotopic (exact) mass is 783 g/mol. The average Bonchev–Trinajstić information content (AvgIpc) is 4.07. The number of H-pyrrole nitrogens is 1. The molecule has 0 radical (unpaired) electrons. The van der Waals surface area contributed by atoms with Crippen LogP contribution in [0.1, 0.15) is 60.4 Å². The van der Waals surface area contributed by atoms with Crippen molar-refractivity contribution in [3.8, 4) is 22.5 Å². The summed E-state index contributed by atoms with van der Waals surface area (Å²) in [5.74, 6) is -0.0411. The van der Waals surface area contributed by atoms with E-state index in [1.54, 1.807) is 30.5 Å². The minimum Gasteiger partial charge on any atom is -0.453 e. The summed E-state index contributed by atoms with van der Waals surface area (Å²) < 4.78 is 9.55. The van der Waals surface area contributed by atoms with E-state index in [-0.39, 0.29) is 18.1 Å². The summed E-state index contributed by atoms with van der Waals surface area (Å²) in [4.78, 5) is 65.7. The van der Waals surface area contributed by atoms with Crippen LogP contribution in [-0.2, 0) is 19.1 Å². The molecule has 298 valence electrons. The summed E-state index contributed by atoms with van der Waals surface area (Å²) in [7, 11) is 2.53. The molecule has 2 aromatic heterocycles. The smallest absolute Gasteiger partial charge is 0.407 e. The maximum atomic E-state index is 13.9. The normalized spacial score (nSPS) is 17.4. The van der Waals surface area contributed by atoms with Crippen LogP contribution in [0.3, 0.4) is 0 Å². The molecule has 1 saturated heterocycles. The molecule has 15 heteroatoms. The Bertz CT molecular complexity index is 2250. The van der Waals surface area contributed by atoms with Gasteiger partial charge in [-0.15, -0.1) is 0 Å². The summed E-state index contributed by atoms with van der Waals surface area (Å²) in [6, 6.07) is 27.6. The van der Waals surface area contributed by atoms with Crippen LogP contribution in [0.2, 0.25) is 0 Å². The van der Waals surface area contributed by atoms with Crippen LogP contribution < -0.4 is 26.6 Å². The number of ether oxygens (including phenoxy) is 2. The topological polar surface area (TPSA) is 192 Å². The molecule has 3 aromatic carbocycles. The lowest BCUT2D eigenvalue weighted by molar-refractivity contribution is -0.135. The molecule has 6 N–H and O–H groups in total. The van der Waals surface area contributed by atoms with Gasteiger partial charge in [0.25, 0.3) is 0 Å². The highest BCUT2D eigenvalue weighted by atomic mass is 16.5. The van der Waals surface area contributed by atoms with Gasteiger partial charge in [-0.2, -0.15) is 0 Å². The zero-order valence-electron chi connectivity index (χ0n) is 32.3.